The van der Waals surface area contributed by atoms with E-state index in [0.29, 0.717) is 6.61 Å². The minimum atomic E-state index is 0.178. The van der Waals surface area contributed by atoms with Gasteiger partial charge in [0.1, 0.15) is 12.4 Å². The fourth-order valence-electron chi connectivity index (χ4n) is 2.11. The minimum absolute atomic E-state index is 0.178. The molecule has 2 nitrogen and oxygen atoms in total. The molecule has 0 radical (unpaired) electrons. The van der Waals surface area contributed by atoms with Crippen molar-refractivity contribution in [1.82, 2.24) is 0 Å². The van der Waals surface area contributed by atoms with Crippen LogP contribution < -0.4 is 10.5 Å². The topological polar surface area (TPSA) is 35.2 Å². The molecule has 2 N–H and O–H groups in total. The molecule has 1 aromatic rings. The second kappa shape index (κ2) is 2.99. The van der Waals surface area contributed by atoms with E-state index in [4.69, 9.17) is 10.5 Å². The van der Waals surface area contributed by atoms with Gasteiger partial charge in [0.05, 0.1) is 0 Å². The Labute approximate surface area is 84.1 Å². The minimum Gasteiger partial charge on any atom is -0.492 e. The van der Waals surface area contributed by atoms with E-state index in [0.717, 1.165) is 18.1 Å². The molecule has 1 atom stereocenters. The molecule has 3 rings (SSSR count). The Bertz CT molecular complexity index is 357. The molecule has 1 aliphatic carbocycles. The summed E-state index contributed by atoms with van der Waals surface area (Å²) in [6.45, 7) is 0.662. The van der Waals surface area contributed by atoms with Crippen LogP contribution in [0.1, 0.15) is 29.9 Å². The maximum Gasteiger partial charge on any atom is 0.122 e. The zero-order valence-corrected chi connectivity index (χ0v) is 8.20. The second-order valence-electron chi connectivity index (χ2n) is 4.42. The van der Waals surface area contributed by atoms with E-state index >= 15 is 0 Å². The molecular weight excluding hydrogens is 174 g/mol. The monoisotopic (exact) mass is 189 g/mol. The number of benzene rings is 1. The predicted molar refractivity (Wildman–Crippen MR) is 55.6 cm³/mol. The van der Waals surface area contributed by atoms with Gasteiger partial charge in [0.25, 0.3) is 0 Å². The first kappa shape index (κ1) is 8.30. The largest absolute Gasteiger partial charge is 0.492 e. The van der Waals surface area contributed by atoms with Crippen LogP contribution in [0, 0.1) is 0 Å². The Balaban J connectivity index is 1.95. The van der Waals surface area contributed by atoms with E-state index in [1.807, 2.05) is 0 Å². The first-order valence-electron chi connectivity index (χ1n) is 5.34. The zero-order chi connectivity index (χ0) is 9.54. The lowest BCUT2D eigenvalue weighted by Gasteiger charge is -2.22. The maximum atomic E-state index is 5.87. The van der Waals surface area contributed by atoms with Crippen molar-refractivity contribution in [3.05, 3.63) is 29.3 Å². The van der Waals surface area contributed by atoms with Crippen LogP contribution >= 0.6 is 0 Å². The van der Waals surface area contributed by atoms with Crippen molar-refractivity contribution in [1.29, 1.82) is 0 Å². The molecule has 2 aliphatic rings. The first-order valence-corrected chi connectivity index (χ1v) is 5.34. The summed E-state index contributed by atoms with van der Waals surface area (Å²) < 4.78 is 5.57. The average Bonchev–Trinajstić information content (AvgIpc) is 3.00. The maximum absolute atomic E-state index is 5.87. The summed E-state index contributed by atoms with van der Waals surface area (Å²) in [4.78, 5) is 0. The molecule has 1 aromatic carbocycles. The van der Waals surface area contributed by atoms with E-state index < -0.39 is 0 Å². The molecule has 1 heterocycles. The van der Waals surface area contributed by atoms with Crippen molar-refractivity contribution in [3.63, 3.8) is 0 Å². The summed E-state index contributed by atoms with van der Waals surface area (Å²) >= 11 is 0. The lowest BCUT2D eigenvalue weighted by molar-refractivity contribution is 0.263. The Morgan fingerprint density at radius 1 is 1.29 bits per heavy atom. The molecule has 0 amide bonds. The highest BCUT2D eigenvalue weighted by molar-refractivity contribution is 5.41. The molecule has 74 valence electrons. The summed E-state index contributed by atoms with van der Waals surface area (Å²) in [6.07, 6.45) is 3.67. The van der Waals surface area contributed by atoms with Crippen LogP contribution in [0.15, 0.2) is 18.2 Å². The molecule has 0 aromatic heterocycles. The number of fused-ring (bicyclic) bond motifs is 1. The van der Waals surface area contributed by atoms with Crippen LogP contribution in [0.4, 0.5) is 0 Å². The highest BCUT2D eigenvalue weighted by Gasteiger charge is 2.25. The van der Waals surface area contributed by atoms with E-state index in [2.05, 4.69) is 18.2 Å². The zero-order valence-electron chi connectivity index (χ0n) is 8.20. The molecule has 14 heavy (non-hydrogen) atoms. The van der Waals surface area contributed by atoms with Crippen molar-refractivity contribution in [2.24, 2.45) is 5.73 Å². The lowest BCUT2D eigenvalue weighted by atomic mass is 9.99. The fourth-order valence-corrected chi connectivity index (χ4v) is 2.11. The normalized spacial score (nSPS) is 25.4. The average molecular weight is 189 g/mol. The third-order valence-electron chi connectivity index (χ3n) is 3.07. The van der Waals surface area contributed by atoms with Crippen molar-refractivity contribution in [3.8, 4) is 5.75 Å². The lowest BCUT2D eigenvalue weighted by Crippen LogP contribution is -2.33. The van der Waals surface area contributed by atoms with Crippen LogP contribution in [-0.2, 0) is 6.42 Å². The van der Waals surface area contributed by atoms with Gasteiger partial charge in [0.2, 0.25) is 0 Å². The van der Waals surface area contributed by atoms with E-state index in [1.165, 1.54) is 24.0 Å². The molecule has 0 bridgehead atoms. The van der Waals surface area contributed by atoms with Gasteiger partial charge in [-0.05, 0) is 42.4 Å². The van der Waals surface area contributed by atoms with Gasteiger partial charge in [-0.25, -0.2) is 0 Å². The Hall–Kier alpha value is -1.02. The van der Waals surface area contributed by atoms with E-state index in [1.54, 1.807) is 0 Å². The van der Waals surface area contributed by atoms with Crippen LogP contribution in [0.25, 0.3) is 0 Å². The summed E-state index contributed by atoms with van der Waals surface area (Å²) in [5.74, 6) is 1.86. The van der Waals surface area contributed by atoms with Gasteiger partial charge < -0.3 is 10.5 Å². The van der Waals surface area contributed by atoms with Gasteiger partial charge in [-0.15, -0.1) is 0 Å². The van der Waals surface area contributed by atoms with Crippen LogP contribution in [-0.4, -0.2) is 12.6 Å². The number of rotatable bonds is 1. The third kappa shape index (κ3) is 1.40. The van der Waals surface area contributed by atoms with Crippen LogP contribution in [0.5, 0.6) is 5.75 Å². The molecular formula is C12H15NO. The van der Waals surface area contributed by atoms with Gasteiger partial charge in [0.15, 0.2) is 0 Å². The molecule has 1 aliphatic heterocycles. The number of nitrogens with two attached hydrogens (primary N) is 1. The number of ether oxygens (including phenoxy) is 1. The van der Waals surface area contributed by atoms with Crippen LogP contribution in [0.2, 0.25) is 0 Å². The van der Waals surface area contributed by atoms with Crippen molar-refractivity contribution in [2.45, 2.75) is 31.2 Å². The summed E-state index contributed by atoms with van der Waals surface area (Å²) in [7, 11) is 0. The quantitative estimate of drug-likeness (QED) is 0.731. The van der Waals surface area contributed by atoms with Gasteiger partial charge in [-0.2, -0.15) is 0 Å². The summed E-state index contributed by atoms with van der Waals surface area (Å²) in [5.41, 5.74) is 8.64. The Morgan fingerprint density at radius 3 is 2.93 bits per heavy atom. The van der Waals surface area contributed by atoms with Crippen LogP contribution in [0.3, 0.4) is 0 Å². The third-order valence-corrected chi connectivity index (χ3v) is 3.07. The molecule has 2 heteroatoms. The molecule has 0 unspecified atom stereocenters. The fraction of sp³-hybridized carbons (Fsp3) is 0.500. The van der Waals surface area contributed by atoms with E-state index in [-0.39, 0.29) is 6.04 Å². The summed E-state index contributed by atoms with van der Waals surface area (Å²) in [5, 5.41) is 0. The highest BCUT2D eigenvalue weighted by Crippen LogP contribution is 2.41. The number of hydrogen-bond donors (Lipinski definition) is 1. The van der Waals surface area contributed by atoms with Gasteiger partial charge in [0, 0.05) is 6.04 Å². The smallest absolute Gasteiger partial charge is 0.122 e. The Morgan fingerprint density at radius 2 is 2.14 bits per heavy atom. The highest BCUT2D eigenvalue weighted by atomic mass is 16.5. The predicted octanol–water partition coefficient (Wildman–Crippen LogP) is 1.83. The second-order valence-corrected chi connectivity index (χ2v) is 4.42. The SMILES string of the molecule is N[C@H]1COc2ccc(C3CC3)cc2C1. The molecule has 0 saturated heterocycles. The number of hydrogen-bond acceptors (Lipinski definition) is 2. The van der Waals surface area contributed by atoms with E-state index in [9.17, 15) is 0 Å². The van der Waals surface area contributed by atoms with Gasteiger partial charge >= 0.3 is 0 Å². The van der Waals surface area contributed by atoms with Gasteiger partial charge in [-0.3, -0.25) is 0 Å². The molecule has 1 saturated carbocycles. The van der Waals surface area contributed by atoms with Crippen molar-refractivity contribution in [2.75, 3.05) is 6.61 Å². The van der Waals surface area contributed by atoms with Crippen molar-refractivity contribution >= 4 is 0 Å². The first-order chi connectivity index (χ1) is 6.83. The van der Waals surface area contributed by atoms with Gasteiger partial charge in [-0.1, -0.05) is 12.1 Å². The summed E-state index contributed by atoms with van der Waals surface area (Å²) in [6, 6.07) is 6.77. The molecule has 0 spiro atoms. The standard InChI is InChI=1S/C12H15NO/c13-11-6-10-5-9(8-1-2-8)3-4-12(10)14-7-11/h3-5,8,11H,1-2,6-7,13H2/t11-/m1/s1. The van der Waals surface area contributed by atoms with Crippen molar-refractivity contribution < 1.29 is 4.74 Å². The molecule has 1 fully saturated rings. The Kier molecular flexibility index (Phi) is 1.77.